The predicted molar refractivity (Wildman–Crippen MR) is 101 cm³/mol. The van der Waals surface area contributed by atoms with Crippen LogP contribution in [0.3, 0.4) is 0 Å². The Morgan fingerprint density at radius 2 is 2.11 bits per heavy atom. The second kappa shape index (κ2) is 6.60. The van der Waals surface area contributed by atoms with Gasteiger partial charge in [-0.3, -0.25) is 4.79 Å². The van der Waals surface area contributed by atoms with Crippen LogP contribution in [0.2, 0.25) is 0 Å². The number of carboxylic acids is 1. The molecule has 2 aromatic rings. The van der Waals surface area contributed by atoms with Crippen molar-refractivity contribution in [3.8, 4) is 6.07 Å². The lowest BCUT2D eigenvalue weighted by molar-refractivity contribution is -0.123. The van der Waals surface area contributed by atoms with Gasteiger partial charge in [0.05, 0.1) is 11.6 Å². The predicted octanol–water partition coefficient (Wildman–Crippen LogP) is 2.88. The number of hydrogen-bond donors (Lipinski definition) is 2. The normalized spacial score (nSPS) is 21.4. The lowest BCUT2D eigenvalue weighted by atomic mass is 9.83. The Labute approximate surface area is 161 Å². The molecule has 2 N–H and O–H groups in total. The lowest BCUT2D eigenvalue weighted by Crippen LogP contribution is -2.35. The first-order valence-corrected chi connectivity index (χ1v) is 9.11. The highest BCUT2D eigenvalue weighted by Crippen LogP contribution is 2.51. The fraction of sp³-hybridized carbons (Fsp3) is 0.350. The monoisotopic (exact) mass is 377 g/mol. The number of carboxylic acid groups (broad SMARTS) is 1. The van der Waals surface area contributed by atoms with E-state index in [0.29, 0.717) is 35.9 Å². The zero-order valence-corrected chi connectivity index (χ0v) is 15.3. The molecule has 2 aromatic heterocycles. The first kappa shape index (κ1) is 17.9. The molecule has 1 saturated heterocycles. The highest BCUT2D eigenvalue weighted by atomic mass is 16.4. The van der Waals surface area contributed by atoms with Crippen LogP contribution in [0.4, 0.5) is 17.3 Å². The van der Waals surface area contributed by atoms with E-state index in [1.54, 1.807) is 36.2 Å². The Hall–Kier alpha value is -3.47. The first-order valence-electron chi connectivity index (χ1n) is 9.11. The molecular weight excluding hydrogens is 358 g/mol. The van der Waals surface area contributed by atoms with Crippen LogP contribution in [0.1, 0.15) is 35.2 Å². The Balaban J connectivity index is 1.56. The average Bonchev–Trinajstić information content (AvgIpc) is 3.46. The van der Waals surface area contributed by atoms with Gasteiger partial charge < -0.3 is 15.3 Å². The summed E-state index contributed by atoms with van der Waals surface area (Å²) in [6.07, 6.45) is 5.31. The van der Waals surface area contributed by atoms with Crippen molar-refractivity contribution in [2.75, 3.05) is 16.8 Å². The zero-order valence-electron chi connectivity index (χ0n) is 15.3. The maximum absolute atomic E-state index is 13.0. The van der Waals surface area contributed by atoms with Gasteiger partial charge in [-0.15, -0.1) is 0 Å². The van der Waals surface area contributed by atoms with Crippen LogP contribution >= 0.6 is 0 Å². The summed E-state index contributed by atoms with van der Waals surface area (Å²) in [6.45, 7) is 2.21. The van der Waals surface area contributed by atoms with E-state index in [4.69, 9.17) is 5.11 Å². The van der Waals surface area contributed by atoms with Gasteiger partial charge in [0, 0.05) is 30.7 Å². The van der Waals surface area contributed by atoms with Crippen molar-refractivity contribution >= 4 is 29.2 Å². The molecule has 8 nitrogen and oxygen atoms in total. The Morgan fingerprint density at radius 3 is 2.75 bits per heavy atom. The minimum atomic E-state index is -1.03. The van der Waals surface area contributed by atoms with E-state index in [2.05, 4.69) is 21.4 Å². The maximum Gasteiger partial charge on any atom is 0.337 e. The molecular formula is C20H19N5O3. The second-order valence-electron chi connectivity index (χ2n) is 7.28. The average molecular weight is 377 g/mol. The summed E-state index contributed by atoms with van der Waals surface area (Å²) in [5.74, 6) is -0.0324. The number of carbonyl (C=O) groups excluding carboxylic acids is 1. The summed E-state index contributed by atoms with van der Waals surface area (Å²) >= 11 is 0. The number of carbonyl (C=O) groups is 2. The molecule has 1 amide bonds. The third-order valence-corrected chi connectivity index (χ3v) is 5.48. The molecule has 0 unspecified atom stereocenters. The molecule has 0 bridgehead atoms. The van der Waals surface area contributed by atoms with Gasteiger partial charge in [-0.1, -0.05) is 0 Å². The summed E-state index contributed by atoms with van der Waals surface area (Å²) in [4.78, 5) is 34.1. The number of hydrogen-bond acceptors (Lipinski definition) is 6. The van der Waals surface area contributed by atoms with E-state index in [1.807, 2.05) is 0 Å². The number of amides is 1. The number of rotatable bonds is 5. The maximum atomic E-state index is 13.0. The highest BCUT2D eigenvalue weighted by Gasteiger charge is 2.56. The topological polar surface area (TPSA) is 119 Å². The second-order valence-corrected chi connectivity index (χ2v) is 7.28. The Morgan fingerprint density at radius 1 is 1.36 bits per heavy atom. The molecule has 4 rings (SSSR count). The molecule has 8 heteroatoms. The van der Waals surface area contributed by atoms with Crippen molar-refractivity contribution in [2.24, 2.45) is 11.3 Å². The van der Waals surface area contributed by atoms with E-state index in [-0.39, 0.29) is 17.4 Å². The number of anilines is 3. The van der Waals surface area contributed by atoms with E-state index in [9.17, 15) is 14.9 Å². The van der Waals surface area contributed by atoms with Crippen LogP contribution in [-0.4, -0.2) is 33.5 Å². The fourth-order valence-corrected chi connectivity index (χ4v) is 3.77. The molecule has 2 aliphatic rings. The first-order chi connectivity index (χ1) is 13.4. The quantitative estimate of drug-likeness (QED) is 0.822. The van der Waals surface area contributed by atoms with E-state index < -0.39 is 11.4 Å². The van der Waals surface area contributed by atoms with Crippen LogP contribution < -0.4 is 10.2 Å². The molecule has 1 saturated carbocycles. The van der Waals surface area contributed by atoms with Gasteiger partial charge >= 0.3 is 5.97 Å². The molecule has 1 aliphatic heterocycles. The third kappa shape index (κ3) is 2.95. The molecule has 3 heterocycles. The van der Waals surface area contributed by atoms with Crippen LogP contribution in [0.5, 0.6) is 0 Å². The molecule has 0 radical (unpaired) electrons. The Kier molecular flexibility index (Phi) is 4.23. The van der Waals surface area contributed by atoms with Gasteiger partial charge in [0.15, 0.2) is 0 Å². The van der Waals surface area contributed by atoms with Crippen molar-refractivity contribution in [3.05, 3.63) is 41.7 Å². The molecule has 142 valence electrons. The third-order valence-electron chi connectivity index (χ3n) is 5.48. The smallest absolute Gasteiger partial charge is 0.337 e. The van der Waals surface area contributed by atoms with E-state index in [1.165, 1.54) is 6.20 Å². The Bertz CT molecular complexity index is 1010. The van der Waals surface area contributed by atoms with E-state index in [0.717, 1.165) is 12.8 Å². The molecule has 0 aromatic carbocycles. The number of nitrogens with one attached hydrogen (secondary N) is 1. The number of aryl methyl sites for hydroxylation is 1. The number of aromatic carboxylic acids is 1. The standard InChI is InChI=1S/C20H19N5O3/c1-12-8-16(23-10-15(12)18(26)27)24-17-9-14(4-6-22-17)25-7-5-20(11-21,19(25)28)13-2-3-13/h4,6,8-10,13H,2-3,5,7H2,1H3,(H,26,27)(H,22,23,24)/t20-/m1/s1. The lowest BCUT2D eigenvalue weighted by Gasteiger charge is -2.21. The van der Waals surface area contributed by atoms with Gasteiger partial charge in [-0.05, 0) is 49.8 Å². The van der Waals surface area contributed by atoms with Crippen LogP contribution in [-0.2, 0) is 4.79 Å². The molecule has 28 heavy (non-hydrogen) atoms. The number of nitriles is 1. The van der Waals surface area contributed by atoms with Crippen LogP contribution in [0.25, 0.3) is 0 Å². The summed E-state index contributed by atoms with van der Waals surface area (Å²) in [7, 11) is 0. The number of aromatic nitrogens is 2. The summed E-state index contributed by atoms with van der Waals surface area (Å²) < 4.78 is 0. The number of nitrogens with zero attached hydrogens (tertiary/aromatic N) is 4. The zero-order chi connectivity index (χ0) is 19.9. The largest absolute Gasteiger partial charge is 0.478 e. The van der Waals surface area contributed by atoms with Crippen molar-refractivity contribution < 1.29 is 14.7 Å². The van der Waals surface area contributed by atoms with Gasteiger partial charge in [0.1, 0.15) is 17.1 Å². The van der Waals surface area contributed by atoms with Crippen molar-refractivity contribution in [1.29, 1.82) is 5.26 Å². The molecule has 0 spiro atoms. The molecule has 1 aliphatic carbocycles. The highest BCUT2D eigenvalue weighted by molar-refractivity contribution is 6.02. The molecule has 1 atom stereocenters. The van der Waals surface area contributed by atoms with Crippen molar-refractivity contribution in [3.63, 3.8) is 0 Å². The summed E-state index contributed by atoms with van der Waals surface area (Å²) in [5, 5.41) is 21.8. The van der Waals surface area contributed by atoms with E-state index >= 15 is 0 Å². The van der Waals surface area contributed by atoms with Crippen molar-refractivity contribution in [1.82, 2.24) is 9.97 Å². The fourth-order valence-electron chi connectivity index (χ4n) is 3.77. The minimum absolute atomic E-state index is 0.130. The van der Waals surface area contributed by atoms with Crippen molar-refractivity contribution in [2.45, 2.75) is 26.2 Å². The van der Waals surface area contributed by atoms with Gasteiger partial charge in [0.25, 0.3) is 0 Å². The van der Waals surface area contributed by atoms with Gasteiger partial charge in [-0.25, -0.2) is 14.8 Å². The summed E-state index contributed by atoms with van der Waals surface area (Å²) in [5.41, 5.74) is 0.517. The van der Waals surface area contributed by atoms with Gasteiger partial charge in [-0.2, -0.15) is 5.26 Å². The van der Waals surface area contributed by atoms with Gasteiger partial charge in [0.2, 0.25) is 5.91 Å². The SMILES string of the molecule is Cc1cc(Nc2cc(N3CC[C@@](C#N)(C4CC4)C3=O)ccn2)ncc1C(=O)O. The van der Waals surface area contributed by atoms with Crippen LogP contribution in [0.15, 0.2) is 30.6 Å². The van der Waals surface area contributed by atoms with Crippen LogP contribution in [0, 0.1) is 29.6 Å². The minimum Gasteiger partial charge on any atom is -0.478 e. The number of pyridine rings is 2. The molecule has 2 fully saturated rings. The summed E-state index contributed by atoms with van der Waals surface area (Å²) in [6, 6.07) is 7.40.